The smallest absolute Gasteiger partial charge is 0.124 e. The van der Waals surface area contributed by atoms with Crippen molar-refractivity contribution in [1.29, 1.82) is 0 Å². The van der Waals surface area contributed by atoms with Crippen LogP contribution in [-0.2, 0) is 6.54 Å². The quantitative estimate of drug-likeness (QED) is 0.644. The Morgan fingerprint density at radius 1 is 1.00 bits per heavy atom. The Morgan fingerprint density at radius 3 is 2.38 bits per heavy atom. The topological polar surface area (TPSA) is 21.1 Å². The molecule has 0 N–H and O–H groups in total. The van der Waals surface area contributed by atoms with Crippen molar-refractivity contribution in [2.24, 2.45) is 0 Å². The molecule has 4 heteroatoms. The van der Waals surface area contributed by atoms with Gasteiger partial charge >= 0.3 is 0 Å². The fourth-order valence-corrected chi connectivity index (χ4v) is 3.52. The van der Waals surface area contributed by atoms with Gasteiger partial charge in [-0.05, 0) is 30.8 Å². The Morgan fingerprint density at radius 2 is 1.67 bits per heavy atom. The van der Waals surface area contributed by atoms with Crippen molar-refractivity contribution in [3.63, 3.8) is 0 Å². The van der Waals surface area contributed by atoms with E-state index in [4.69, 9.17) is 17.6 Å². The molecule has 0 radical (unpaired) electrons. The lowest BCUT2D eigenvalue weighted by molar-refractivity contribution is 0.302. The highest BCUT2D eigenvalue weighted by molar-refractivity contribution is 7.80. The zero-order chi connectivity index (χ0) is 16.9. The first-order chi connectivity index (χ1) is 11.7. The van der Waals surface area contributed by atoms with Crippen LogP contribution in [0.5, 0.6) is 0 Å². The lowest BCUT2D eigenvalue weighted by Crippen LogP contribution is -2.27. The Balaban J connectivity index is 1.98. The van der Waals surface area contributed by atoms with Crippen LogP contribution in [0.15, 0.2) is 54.6 Å². The van der Waals surface area contributed by atoms with Crippen molar-refractivity contribution >= 4 is 23.7 Å². The molecule has 126 valence electrons. The van der Waals surface area contributed by atoms with Gasteiger partial charge in [0.1, 0.15) is 5.82 Å². The number of nitrogens with zero attached hydrogens (tertiary/aromatic N) is 3. The molecule has 1 atom stereocenters. The third kappa shape index (κ3) is 3.65. The molecule has 3 aromatic rings. The summed E-state index contributed by atoms with van der Waals surface area (Å²) in [4.78, 5) is 7.28. The number of imidazole rings is 1. The second kappa shape index (κ2) is 7.86. The predicted octanol–water partition coefficient (Wildman–Crippen LogP) is 4.40. The van der Waals surface area contributed by atoms with E-state index in [0.717, 1.165) is 37.5 Å². The van der Waals surface area contributed by atoms with E-state index in [1.54, 1.807) is 0 Å². The fourth-order valence-electron chi connectivity index (χ4n) is 3.09. The van der Waals surface area contributed by atoms with Gasteiger partial charge in [-0.2, -0.15) is 12.6 Å². The number of rotatable bonds is 7. The van der Waals surface area contributed by atoms with Gasteiger partial charge in [0.15, 0.2) is 0 Å². The molecular weight excluding hydrogens is 314 g/mol. The molecule has 3 rings (SSSR count). The lowest BCUT2D eigenvalue weighted by Gasteiger charge is -2.22. The first-order valence-corrected chi connectivity index (χ1v) is 9.14. The van der Waals surface area contributed by atoms with E-state index in [2.05, 4.69) is 71.8 Å². The van der Waals surface area contributed by atoms with Crippen molar-refractivity contribution < 1.29 is 0 Å². The molecule has 1 unspecified atom stereocenters. The molecule has 1 heterocycles. The van der Waals surface area contributed by atoms with E-state index in [1.807, 2.05) is 6.07 Å². The van der Waals surface area contributed by atoms with Crippen LogP contribution in [0.4, 0.5) is 0 Å². The van der Waals surface area contributed by atoms with Crippen LogP contribution < -0.4 is 0 Å². The van der Waals surface area contributed by atoms with Crippen molar-refractivity contribution in [2.45, 2.75) is 25.6 Å². The summed E-state index contributed by atoms with van der Waals surface area (Å²) in [6.07, 6.45) is 0. The van der Waals surface area contributed by atoms with E-state index >= 15 is 0 Å². The molecule has 0 aliphatic carbocycles. The summed E-state index contributed by atoms with van der Waals surface area (Å²) in [5.74, 6) is 1.05. The average Bonchev–Trinajstić information content (AvgIpc) is 2.99. The minimum atomic E-state index is 0.0982. The molecule has 3 nitrogen and oxygen atoms in total. The predicted molar refractivity (Wildman–Crippen MR) is 105 cm³/mol. The summed E-state index contributed by atoms with van der Waals surface area (Å²) < 4.78 is 2.31. The fraction of sp³-hybridized carbons (Fsp3) is 0.350. The molecule has 0 saturated carbocycles. The van der Waals surface area contributed by atoms with E-state index in [0.29, 0.717) is 0 Å². The highest BCUT2D eigenvalue weighted by Crippen LogP contribution is 2.26. The van der Waals surface area contributed by atoms with Crippen LogP contribution in [-0.4, -0.2) is 34.1 Å². The minimum Gasteiger partial charge on any atom is -0.323 e. The Bertz CT molecular complexity index is 778. The maximum absolute atomic E-state index is 4.89. The molecule has 24 heavy (non-hydrogen) atoms. The minimum absolute atomic E-state index is 0.0982. The van der Waals surface area contributed by atoms with Gasteiger partial charge in [-0.25, -0.2) is 4.98 Å². The molecule has 1 aromatic heterocycles. The number of para-hydroxylation sites is 2. The Hall–Kier alpha value is -1.78. The van der Waals surface area contributed by atoms with Gasteiger partial charge in [-0.15, -0.1) is 0 Å². The van der Waals surface area contributed by atoms with Gasteiger partial charge < -0.3 is 9.47 Å². The summed E-state index contributed by atoms with van der Waals surface area (Å²) in [5.41, 5.74) is 3.50. The number of thiol groups is 1. The van der Waals surface area contributed by atoms with E-state index in [9.17, 15) is 0 Å². The largest absolute Gasteiger partial charge is 0.323 e. The number of hydrogen-bond acceptors (Lipinski definition) is 3. The maximum Gasteiger partial charge on any atom is 0.124 e. The van der Waals surface area contributed by atoms with Crippen LogP contribution in [0, 0.1) is 0 Å². The molecular formula is C20H25N3S. The molecule has 0 spiro atoms. The van der Waals surface area contributed by atoms with Gasteiger partial charge in [-0.3, -0.25) is 0 Å². The van der Waals surface area contributed by atoms with Gasteiger partial charge in [0.05, 0.1) is 16.3 Å². The Labute approximate surface area is 149 Å². The molecule has 0 bridgehead atoms. The van der Waals surface area contributed by atoms with Gasteiger partial charge in [0.2, 0.25) is 0 Å². The average molecular weight is 340 g/mol. The van der Waals surface area contributed by atoms with Crippen molar-refractivity contribution in [3.8, 4) is 0 Å². The normalized spacial score (nSPS) is 12.8. The number of likely N-dealkylation sites (N-methyl/N-ethyl adjacent to an activating group) is 1. The number of hydrogen-bond donors (Lipinski definition) is 1. The summed E-state index contributed by atoms with van der Waals surface area (Å²) in [6, 6.07) is 18.9. The summed E-state index contributed by atoms with van der Waals surface area (Å²) >= 11 is 4.89. The van der Waals surface area contributed by atoms with E-state index in [1.165, 1.54) is 11.1 Å². The van der Waals surface area contributed by atoms with Gasteiger partial charge in [0.25, 0.3) is 0 Å². The summed E-state index contributed by atoms with van der Waals surface area (Å²) in [6.45, 7) is 8.19. The zero-order valence-corrected chi connectivity index (χ0v) is 15.3. The third-order valence-electron chi connectivity index (χ3n) is 4.49. The monoisotopic (exact) mass is 339 g/mol. The highest BCUT2D eigenvalue weighted by atomic mass is 32.1. The molecule has 0 aliphatic heterocycles. The molecule has 2 aromatic carbocycles. The first kappa shape index (κ1) is 17.1. The Kier molecular flexibility index (Phi) is 5.59. The maximum atomic E-state index is 4.89. The molecule has 0 saturated heterocycles. The zero-order valence-electron chi connectivity index (χ0n) is 14.4. The van der Waals surface area contributed by atoms with Crippen molar-refractivity contribution in [2.75, 3.05) is 19.6 Å². The number of aromatic nitrogens is 2. The molecule has 0 fully saturated rings. The van der Waals surface area contributed by atoms with Gasteiger partial charge in [0, 0.05) is 13.1 Å². The highest BCUT2D eigenvalue weighted by Gasteiger charge is 2.19. The number of fused-ring (bicyclic) bond motifs is 1. The second-order valence-electron chi connectivity index (χ2n) is 6.03. The molecule has 0 aliphatic rings. The standard InChI is InChI=1S/C20H25N3S/c1-3-22(4-2)15-19(24)20-21-17-12-8-9-13-18(17)23(20)14-16-10-6-5-7-11-16/h5-13,19,24H,3-4,14-15H2,1-2H3. The van der Waals surface area contributed by atoms with Crippen LogP contribution in [0.1, 0.15) is 30.5 Å². The van der Waals surface area contributed by atoms with Crippen molar-refractivity contribution in [1.82, 2.24) is 14.5 Å². The molecule has 0 amide bonds. The number of benzene rings is 2. The summed E-state index contributed by atoms with van der Waals surface area (Å²) in [7, 11) is 0. The van der Waals surface area contributed by atoms with Crippen LogP contribution in [0.3, 0.4) is 0 Å². The van der Waals surface area contributed by atoms with E-state index in [-0.39, 0.29) is 5.25 Å². The SMILES string of the molecule is CCN(CC)CC(S)c1nc2ccccc2n1Cc1ccccc1. The lowest BCUT2D eigenvalue weighted by atomic mass is 10.2. The van der Waals surface area contributed by atoms with Gasteiger partial charge in [-0.1, -0.05) is 56.3 Å². The third-order valence-corrected chi connectivity index (χ3v) is 4.89. The first-order valence-electron chi connectivity index (χ1n) is 8.62. The van der Waals surface area contributed by atoms with Crippen LogP contribution in [0.2, 0.25) is 0 Å². The second-order valence-corrected chi connectivity index (χ2v) is 6.66. The summed E-state index contributed by atoms with van der Waals surface area (Å²) in [5, 5.41) is 0.0982. The van der Waals surface area contributed by atoms with E-state index < -0.39 is 0 Å². The van der Waals surface area contributed by atoms with Crippen molar-refractivity contribution in [3.05, 3.63) is 66.0 Å². The van der Waals surface area contributed by atoms with Crippen LogP contribution in [0.25, 0.3) is 11.0 Å². The van der Waals surface area contributed by atoms with Crippen LogP contribution >= 0.6 is 12.6 Å².